The van der Waals surface area contributed by atoms with E-state index in [-0.39, 0.29) is 0 Å². The van der Waals surface area contributed by atoms with Gasteiger partial charge in [-0.1, -0.05) is 39.8 Å². The third kappa shape index (κ3) is 5.35. The van der Waals surface area contributed by atoms with Crippen LogP contribution < -0.4 is 10.2 Å². The lowest BCUT2D eigenvalue weighted by molar-refractivity contribution is 0.246. The standard InChI is InChI=1S/C19H34N2/c1-7-19(8-2,14-20-16(4)5)15-21(9-3)18-12-10-11-17(6)13-18/h10-13,16,20H,7-9,14-15H2,1-6H3. The van der Waals surface area contributed by atoms with Crippen LogP contribution in [0.4, 0.5) is 5.69 Å². The Kier molecular flexibility index (Phi) is 7.24. The predicted octanol–water partition coefficient (Wildman–Crippen LogP) is 4.63. The van der Waals surface area contributed by atoms with Gasteiger partial charge in [0.25, 0.3) is 0 Å². The third-order valence-electron chi connectivity index (χ3n) is 4.66. The van der Waals surface area contributed by atoms with E-state index in [1.54, 1.807) is 0 Å². The molecule has 0 aliphatic heterocycles. The fraction of sp³-hybridized carbons (Fsp3) is 0.684. The Hall–Kier alpha value is -1.02. The van der Waals surface area contributed by atoms with Crippen LogP contribution in [0.2, 0.25) is 0 Å². The van der Waals surface area contributed by atoms with Crippen LogP contribution in [0.25, 0.3) is 0 Å². The van der Waals surface area contributed by atoms with Gasteiger partial charge in [-0.2, -0.15) is 0 Å². The minimum absolute atomic E-state index is 0.351. The smallest absolute Gasteiger partial charge is 0.0368 e. The lowest BCUT2D eigenvalue weighted by Gasteiger charge is -2.39. The first-order chi connectivity index (χ1) is 9.96. The third-order valence-corrected chi connectivity index (χ3v) is 4.66. The van der Waals surface area contributed by atoms with Gasteiger partial charge in [0.05, 0.1) is 0 Å². The molecule has 0 aromatic heterocycles. The van der Waals surface area contributed by atoms with Crippen molar-refractivity contribution in [3.05, 3.63) is 29.8 Å². The molecule has 0 saturated carbocycles. The van der Waals surface area contributed by atoms with Crippen LogP contribution in [0, 0.1) is 12.3 Å². The Morgan fingerprint density at radius 3 is 2.29 bits per heavy atom. The summed E-state index contributed by atoms with van der Waals surface area (Å²) in [5.41, 5.74) is 3.04. The van der Waals surface area contributed by atoms with Gasteiger partial charge >= 0.3 is 0 Å². The first-order valence-electron chi connectivity index (χ1n) is 8.51. The number of nitrogens with zero attached hydrogens (tertiary/aromatic N) is 1. The minimum Gasteiger partial charge on any atom is -0.371 e. The van der Waals surface area contributed by atoms with Crippen molar-refractivity contribution in [1.29, 1.82) is 0 Å². The monoisotopic (exact) mass is 290 g/mol. The highest BCUT2D eigenvalue weighted by molar-refractivity contribution is 5.48. The van der Waals surface area contributed by atoms with Crippen LogP contribution in [0.15, 0.2) is 24.3 Å². The number of benzene rings is 1. The van der Waals surface area contributed by atoms with Crippen molar-refractivity contribution in [2.45, 2.75) is 60.4 Å². The van der Waals surface area contributed by atoms with Crippen molar-refractivity contribution in [3.8, 4) is 0 Å². The van der Waals surface area contributed by atoms with E-state index in [4.69, 9.17) is 0 Å². The maximum Gasteiger partial charge on any atom is 0.0368 e. The minimum atomic E-state index is 0.351. The molecule has 0 radical (unpaired) electrons. The Morgan fingerprint density at radius 2 is 1.81 bits per heavy atom. The van der Waals surface area contributed by atoms with Gasteiger partial charge in [0.2, 0.25) is 0 Å². The van der Waals surface area contributed by atoms with Crippen molar-refractivity contribution < 1.29 is 0 Å². The van der Waals surface area contributed by atoms with E-state index in [1.807, 2.05) is 0 Å². The largest absolute Gasteiger partial charge is 0.371 e. The van der Waals surface area contributed by atoms with E-state index in [9.17, 15) is 0 Å². The van der Waals surface area contributed by atoms with Gasteiger partial charge in [0.1, 0.15) is 0 Å². The van der Waals surface area contributed by atoms with E-state index in [2.05, 4.69) is 76.0 Å². The second kappa shape index (κ2) is 8.43. The van der Waals surface area contributed by atoms with E-state index in [0.29, 0.717) is 11.5 Å². The second-order valence-corrected chi connectivity index (χ2v) is 6.60. The maximum atomic E-state index is 3.65. The first kappa shape index (κ1) is 18.0. The van der Waals surface area contributed by atoms with Crippen molar-refractivity contribution in [3.63, 3.8) is 0 Å². The molecule has 1 aromatic carbocycles. The molecule has 1 N–H and O–H groups in total. The number of hydrogen-bond donors (Lipinski definition) is 1. The molecule has 0 aliphatic carbocycles. The van der Waals surface area contributed by atoms with Gasteiger partial charge in [-0.05, 0) is 49.8 Å². The number of rotatable bonds is 9. The van der Waals surface area contributed by atoms with Crippen LogP contribution >= 0.6 is 0 Å². The van der Waals surface area contributed by atoms with E-state index in [1.165, 1.54) is 24.1 Å². The predicted molar refractivity (Wildman–Crippen MR) is 95.2 cm³/mol. The Bertz CT molecular complexity index is 408. The van der Waals surface area contributed by atoms with E-state index in [0.717, 1.165) is 19.6 Å². The highest BCUT2D eigenvalue weighted by atomic mass is 15.1. The molecule has 2 nitrogen and oxygen atoms in total. The van der Waals surface area contributed by atoms with Gasteiger partial charge in [0.15, 0.2) is 0 Å². The molecule has 1 aromatic rings. The number of aryl methyl sites for hydroxylation is 1. The molecule has 21 heavy (non-hydrogen) atoms. The summed E-state index contributed by atoms with van der Waals surface area (Å²) in [5.74, 6) is 0. The van der Waals surface area contributed by atoms with Crippen molar-refractivity contribution >= 4 is 5.69 Å². The summed E-state index contributed by atoms with van der Waals surface area (Å²) in [5, 5.41) is 3.65. The normalized spacial score (nSPS) is 12.0. The average molecular weight is 290 g/mol. The fourth-order valence-electron chi connectivity index (χ4n) is 2.82. The summed E-state index contributed by atoms with van der Waals surface area (Å²) in [6.07, 6.45) is 2.43. The molecular weight excluding hydrogens is 256 g/mol. The van der Waals surface area contributed by atoms with Gasteiger partial charge in [-0.25, -0.2) is 0 Å². The Morgan fingerprint density at radius 1 is 1.14 bits per heavy atom. The van der Waals surface area contributed by atoms with Gasteiger partial charge in [0, 0.05) is 31.4 Å². The van der Waals surface area contributed by atoms with Gasteiger partial charge in [-0.3, -0.25) is 0 Å². The summed E-state index contributed by atoms with van der Waals surface area (Å²) >= 11 is 0. The average Bonchev–Trinajstić information content (AvgIpc) is 2.48. The van der Waals surface area contributed by atoms with Crippen LogP contribution in [0.5, 0.6) is 0 Å². The zero-order valence-corrected chi connectivity index (χ0v) is 14.9. The molecule has 0 spiro atoms. The first-order valence-corrected chi connectivity index (χ1v) is 8.51. The summed E-state index contributed by atoms with van der Waals surface area (Å²) in [6, 6.07) is 9.43. The van der Waals surface area contributed by atoms with Gasteiger partial charge in [-0.15, -0.1) is 0 Å². The highest BCUT2D eigenvalue weighted by Gasteiger charge is 2.28. The molecule has 0 aliphatic rings. The van der Waals surface area contributed by atoms with Crippen molar-refractivity contribution in [2.75, 3.05) is 24.5 Å². The Labute approximate surface area is 131 Å². The lowest BCUT2D eigenvalue weighted by atomic mass is 9.81. The summed E-state index contributed by atoms with van der Waals surface area (Å²) in [4.78, 5) is 2.53. The molecule has 0 fully saturated rings. The molecule has 0 atom stereocenters. The molecular formula is C19H34N2. The zero-order valence-electron chi connectivity index (χ0n) is 14.9. The topological polar surface area (TPSA) is 15.3 Å². The van der Waals surface area contributed by atoms with Crippen molar-refractivity contribution in [2.24, 2.45) is 5.41 Å². The molecule has 0 bridgehead atoms. The molecule has 2 heteroatoms. The zero-order chi connectivity index (χ0) is 15.9. The highest BCUT2D eigenvalue weighted by Crippen LogP contribution is 2.29. The lowest BCUT2D eigenvalue weighted by Crippen LogP contribution is -2.45. The molecule has 0 heterocycles. The number of anilines is 1. The number of hydrogen-bond acceptors (Lipinski definition) is 2. The summed E-state index contributed by atoms with van der Waals surface area (Å²) < 4.78 is 0. The van der Waals surface area contributed by atoms with Crippen LogP contribution in [0.3, 0.4) is 0 Å². The molecule has 1 rings (SSSR count). The fourth-order valence-corrected chi connectivity index (χ4v) is 2.82. The molecule has 0 saturated heterocycles. The summed E-state index contributed by atoms with van der Waals surface area (Å²) in [7, 11) is 0. The van der Waals surface area contributed by atoms with Crippen LogP contribution in [-0.2, 0) is 0 Å². The summed E-state index contributed by atoms with van der Waals surface area (Å²) in [6.45, 7) is 16.8. The van der Waals surface area contributed by atoms with Gasteiger partial charge < -0.3 is 10.2 Å². The van der Waals surface area contributed by atoms with E-state index >= 15 is 0 Å². The second-order valence-electron chi connectivity index (χ2n) is 6.60. The number of nitrogens with one attached hydrogen (secondary N) is 1. The molecule has 0 amide bonds. The van der Waals surface area contributed by atoms with Crippen molar-refractivity contribution in [1.82, 2.24) is 5.32 Å². The SMILES string of the molecule is CCN(CC(CC)(CC)CNC(C)C)c1cccc(C)c1. The molecule has 120 valence electrons. The maximum absolute atomic E-state index is 3.65. The van der Waals surface area contributed by atoms with E-state index < -0.39 is 0 Å². The van der Waals surface area contributed by atoms with Crippen LogP contribution in [0.1, 0.15) is 53.0 Å². The Balaban J connectivity index is 2.88. The molecule has 0 unspecified atom stereocenters. The quantitative estimate of drug-likeness (QED) is 0.713. The van der Waals surface area contributed by atoms with Crippen LogP contribution in [-0.4, -0.2) is 25.7 Å².